The van der Waals surface area contributed by atoms with E-state index in [1.165, 1.54) is 30.6 Å². The molecule has 2 fully saturated rings. The molecule has 1 aromatic rings. The Kier molecular flexibility index (Phi) is 10.2. The van der Waals surface area contributed by atoms with E-state index in [0.29, 0.717) is 12.0 Å². The molecule has 32 heavy (non-hydrogen) atoms. The van der Waals surface area contributed by atoms with Gasteiger partial charge in [-0.05, 0) is 43.6 Å². The molecule has 1 aromatic carbocycles. The molecule has 0 spiro atoms. The SMILES string of the molecule is CN=C(NCc1ccc(CN2CCCN(C)CC2)cc1)NCC(C(C)C)N1CCOCC1. The smallest absolute Gasteiger partial charge is 0.191 e. The van der Waals surface area contributed by atoms with Crippen molar-refractivity contribution in [3.63, 3.8) is 0 Å². The van der Waals surface area contributed by atoms with E-state index in [9.17, 15) is 0 Å². The molecule has 2 N–H and O–H groups in total. The average molecular weight is 445 g/mol. The number of morpholine rings is 1. The van der Waals surface area contributed by atoms with Gasteiger partial charge in [-0.25, -0.2) is 0 Å². The second-order valence-corrected chi connectivity index (χ2v) is 9.52. The molecule has 0 saturated carbocycles. The number of hydrogen-bond acceptors (Lipinski definition) is 5. The molecular formula is C25H44N6O. The zero-order valence-corrected chi connectivity index (χ0v) is 20.6. The Labute approximate surface area is 195 Å². The molecule has 7 nitrogen and oxygen atoms in total. The van der Waals surface area contributed by atoms with Crippen LogP contribution in [0.15, 0.2) is 29.3 Å². The highest BCUT2D eigenvalue weighted by atomic mass is 16.5. The summed E-state index contributed by atoms with van der Waals surface area (Å²) in [6.45, 7) is 15.7. The normalized spacial score (nSPS) is 20.8. The molecule has 7 heteroatoms. The summed E-state index contributed by atoms with van der Waals surface area (Å²) in [6.07, 6.45) is 1.26. The summed E-state index contributed by atoms with van der Waals surface area (Å²) in [5.74, 6) is 1.44. The van der Waals surface area contributed by atoms with Crippen molar-refractivity contribution in [1.82, 2.24) is 25.3 Å². The summed E-state index contributed by atoms with van der Waals surface area (Å²) < 4.78 is 5.52. The van der Waals surface area contributed by atoms with E-state index >= 15 is 0 Å². The lowest BCUT2D eigenvalue weighted by molar-refractivity contribution is 0.00752. The van der Waals surface area contributed by atoms with Crippen LogP contribution in [-0.2, 0) is 17.8 Å². The zero-order chi connectivity index (χ0) is 22.8. The second kappa shape index (κ2) is 13.1. The monoisotopic (exact) mass is 444 g/mol. The van der Waals surface area contributed by atoms with Crippen molar-refractivity contribution < 1.29 is 4.74 Å². The van der Waals surface area contributed by atoms with Crippen LogP contribution in [0.2, 0.25) is 0 Å². The van der Waals surface area contributed by atoms with Gasteiger partial charge in [-0.1, -0.05) is 38.1 Å². The number of ether oxygens (including phenoxy) is 1. The first-order chi connectivity index (χ1) is 15.5. The van der Waals surface area contributed by atoms with E-state index in [2.05, 4.69) is 75.5 Å². The number of likely N-dealkylation sites (N-methyl/N-ethyl adjacent to an activating group) is 1. The minimum Gasteiger partial charge on any atom is -0.379 e. The van der Waals surface area contributed by atoms with Crippen LogP contribution in [0, 0.1) is 5.92 Å². The van der Waals surface area contributed by atoms with Crippen LogP contribution >= 0.6 is 0 Å². The van der Waals surface area contributed by atoms with Gasteiger partial charge in [0, 0.05) is 58.9 Å². The lowest BCUT2D eigenvalue weighted by Crippen LogP contribution is -2.52. The number of nitrogens with one attached hydrogen (secondary N) is 2. The topological polar surface area (TPSA) is 55.4 Å². The van der Waals surface area contributed by atoms with E-state index in [4.69, 9.17) is 4.74 Å². The molecule has 3 rings (SSSR count). The van der Waals surface area contributed by atoms with Crippen LogP contribution < -0.4 is 10.6 Å². The predicted octanol–water partition coefficient (Wildman–Crippen LogP) is 1.85. The highest BCUT2D eigenvalue weighted by Crippen LogP contribution is 2.13. The molecule has 0 aromatic heterocycles. The molecular weight excluding hydrogens is 400 g/mol. The van der Waals surface area contributed by atoms with Gasteiger partial charge < -0.3 is 20.3 Å². The fourth-order valence-corrected chi connectivity index (χ4v) is 4.58. The van der Waals surface area contributed by atoms with Crippen molar-refractivity contribution in [2.24, 2.45) is 10.9 Å². The first-order valence-corrected chi connectivity index (χ1v) is 12.3. The maximum atomic E-state index is 5.52. The van der Waals surface area contributed by atoms with Gasteiger partial charge in [-0.2, -0.15) is 0 Å². The van der Waals surface area contributed by atoms with Crippen molar-refractivity contribution in [3.05, 3.63) is 35.4 Å². The quantitative estimate of drug-likeness (QED) is 0.471. The molecule has 0 amide bonds. The van der Waals surface area contributed by atoms with Crippen molar-refractivity contribution in [2.45, 2.75) is 39.4 Å². The van der Waals surface area contributed by atoms with Crippen LogP contribution in [0.1, 0.15) is 31.4 Å². The van der Waals surface area contributed by atoms with Gasteiger partial charge in [0.05, 0.1) is 13.2 Å². The third-order valence-corrected chi connectivity index (χ3v) is 6.69. The van der Waals surface area contributed by atoms with Crippen LogP contribution in [0.3, 0.4) is 0 Å². The Balaban J connectivity index is 1.44. The number of hydrogen-bond donors (Lipinski definition) is 2. The molecule has 180 valence electrons. The van der Waals surface area contributed by atoms with Gasteiger partial charge in [0.2, 0.25) is 0 Å². The number of nitrogens with zero attached hydrogens (tertiary/aromatic N) is 4. The van der Waals surface area contributed by atoms with Gasteiger partial charge in [-0.3, -0.25) is 14.8 Å². The molecule has 2 aliphatic rings. The number of benzene rings is 1. The largest absolute Gasteiger partial charge is 0.379 e. The second-order valence-electron chi connectivity index (χ2n) is 9.52. The molecule has 2 heterocycles. The standard InChI is InChI=1S/C25H44N6O/c1-21(2)24(31-14-16-32-17-15-31)19-28-25(26-3)27-18-22-6-8-23(9-7-22)20-30-11-5-10-29(4)12-13-30/h6-9,21,24H,5,10-20H2,1-4H3,(H2,26,27,28). The third-order valence-electron chi connectivity index (χ3n) is 6.69. The summed E-state index contributed by atoms with van der Waals surface area (Å²) >= 11 is 0. The Morgan fingerprint density at radius 3 is 2.38 bits per heavy atom. The van der Waals surface area contributed by atoms with Gasteiger partial charge in [0.15, 0.2) is 5.96 Å². The molecule has 1 unspecified atom stereocenters. The molecule has 0 aliphatic carbocycles. The maximum Gasteiger partial charge on any atom is 0.191 e. The molecule has 2 aliphatic heterocycles. The van der Waals surface area contributed by atoms with Crippen molar-refractivity contribution in [2.75, 3.05) is 73.1 Å². The van der Waals surface area contributed by atoms with Crippen LogP contribution in [0.25, 0.3) is 0 Å². The Morgan fingerprint density at radius 1 is 0.969 bits per heavy atom. The minimum absolute atomic E-state index is 0.482. The van der Waals surface area contributed by atoms with Crippen LogP contribution in [-0.4, -0.2) is 99.8 Å². The fourth-order valence-electron chi connectivity index (χ4n) is 4.58. The summed E-state index contributed by atoms with van der Waals surface area (Å²) in [5.41, 5.74) is 2.67. The fraction of sp³-hybridized carbons (Fsp3) is 0.720. The minimum atomic E-state index is 0.482. The molecule has 1 atom stereocenters. The van der Waals surface area contributed by atoms with E-state index in [1.54, 1.807) is 0 Å². The number of rotatable bonds is 8. The van der Waals surface area contributed by atoms with Crippen LogP contribution in [0.4, 0.5) is 0 Å². The molecule has 0 radical (unpaired) electrons. The van der Waals surface area contributed by atoms with E-state index in [-0.39, 0.29) is 0 Å². The molecule has 0 bridgehead atoms. The summed E-state index contributed by atoms with van der Waals surface area (Å²) in [4.78, 5) is 12.0. The summed E-state index contributed by atoms with van der Waals surface area (Å²) in [5, 5.41) is 7.02. The van der Waals surface area contributed by atoms with Gasteiger partial charge in [-0.15, -0.1) is 0 Å². The molecule has 2 saturated heterocycles. The van der Waals surface area contributed by atoms with E-state index < -0.39 is 0 Å². The number of guanidine groups is 1. The highest BCUT2D eigenvalue weighted by molar-refractivity contribution is 5.79. The van der Waals surface area contributed by atoms with E-state index in [1.807, 2.05) is 7.05 Å². The van der Waals surface area contributed by atoms with Crippen molar-refractivity contribution in [1.29, 1.82) is 0 Å². The first-order valence-electron chi connectivity index (χ1n) is 12.3. The summed E-state index contributed by atoms with van der Waals surface area (Å²) in [6, 6.07) is 9.51. The Morgan fingerprint density at radius 2 is 1.69 bits per heavy atom. The predicted molar refractivity (Wildman–Crippen MR) is 133 cm³/mol. The average Bonchev–Trinajstić information content (AvgIpc) is 3.01. The summed E-state index contributed by atoms with van der Waals surface area (Å²) in [7, 11) is 4.07. The third kappa shape index (κ3) is 8.03. The lowest BCUT2D eigenvalue weighted by Gasteiger charge is -2.37. The van der Waals surface area contributed by atoms with Crippen LogP contribution in [0.5, 0.6) is 0 Å². The van der Waals surface area contributed by atoms with Crippen molar-refractivity contribution in [3.8, 4) is 0 Å². The van der Waals surface area contributed by atoms with Gasteiger partial charge >= 0.3 is 0 Å². The highest BCUT2D eigenvalue weighted by Gasteiger charge is 2.23. The lowest BCUT2D eigenvalue weighted by atomic mass is 10.0. The van der Waals surface area contributed by atoms with Crippen molar-refractivity contribution >= 4 is 5.96 Å². The Hall–Kier alpha value is -1.67. The first kappa shape index (κ1) is 25.0. The number of aliphatic imine (C=N–C) groups is 1. The maximum absolute atomic E-state index is 5.52. The Bertz CT molecular complexity index is 686. The zero-order valence-electron chi connectivity index (χ0n) is 20.6. The van der Waals surface area contributed by atoms with Gasteiger partial charge in [0.1, 0.15) is 0 Å². The van der Waals surface area contributed by atoms with Gasteiger partial charge in [0.25, 0.3) is 0 Å². The van der Waals surface area contributed by atoms with E-state index in [0.717, 1.165) is 65.0 Å².